The van der Waals surface area contributed by atoms with Gasteiger partial charge in [0.15, 0.2) is 5.76 Å². The van der Waals surface area contributed by atoms with E-state index in [4.69, 9.17) is 32.7 Å². The van der Waals surface area contributed by atoms with Crippen molar-refractivity contribution in [2.24, 2.45) is 0 Å². The second-order valence-corrected chi connectivity index (χ2v) is 8.31. The van der Waals surface area contributed by atoms with Crippen LogP contribution in [0.4, 0.5) is 5.69 Å². The molecule has 1 amide bonds. The van der Waals surface area contributed by atoms with Gasteiger partial charge in [-0.25, -0.2) is 4.98 Å². The summed E-state index contributed by atoms with van der Waals surface area (Å²) in [5.41, 5.74) is 2.18. The first-order valence-corrected chi connectivity index (χ1v) is 10.7. The summed E-state index contributed by atoms with van der Waals surface area (Å²) in [5, 5.41) is 14.8. The SMILES string of the molecule is O=C(O)Cc1nc(-c2ccc(-c3ccc(NC(=O)c4cccc(Cl)c4)cc3Cl)o2)cs1. The summed E-state index contributed by atoms with van der Waals surface area (Å²) in [4.78, 5) is 27.5. The van der Waals surface area contributed by atoms with Crippen molar-refractivity contribution < 1.29 is 19.1 Å². The van der Waals surface area contributed by atoms with E-state index in [0.29, 0.717) is 49.1 Å². The van der Waals surface area contributed by atoms with E-state index in [2.05, 4.69) is 10.3 Å². The van der Waals surface area contributed by atoms with E-state index in [1.807, 2.05) is 0 Å². The van der Waals surface area contributed by atoms with Gasteiger partial charge in [-0.3, -0.25) is 9.59 Å². The monoisotopic (exact) mass is 472 g/mol. The number of furan rings is 1. The van der Waals surface area contributed by atoms with Crippen LogP contribution in [0.3, 0.4) is 0 Å². The third kappa shape index (κ3) is 4.96. The van der Waals surface area contributed by atoms with Gasteiger partial charge in [-0.1, -0.05) is 29.3 Å². The van der Waals surface area contributed by atoms with E-state index < -0.39 is 5.97 Å². The number of nitrogens with one attached hydrogen (secondary N) is 1. The number of nitrogens with zero attached hydrogens (tertiary/aromatic N) is 1. The molecule has 4 aromatic rings. The van der Waals surface area contributed by atoms with E-state index in [1.54, 1.807) is 60.0 Å². The van der Waals surface area contributed by atoms with Crippen molar-refractivity contribution in [3.63, 3.8) is 0 Å². The smallest absolute Gasteiger partial charge is 0.310 e. The van der Waals surface area contributed by atoms with Crippen molar-refractivity contribution in [2.75, 3.05) is 5.32 Å². The van der Waals surface area contributed by atoms with Crippen LogP contribution >= 0.6 is 34.5 Å². The molecule has 0 saturated carbocycles. The molecule has 2 aromatic heterocycles. The number of hydrogen-bond acceptors (Lipinski definition) is 5. The number of thiazole rings is 1. The number of aliphatic carboxylic acids is 1. The summed E-state index contributed by atoms with van der Waals surface area (Å²) in [6.07, 6.45) is -0.133. The third-order valence-corrected chi connectivity index (χ3v) is 5.69. The van der Waals surface area contributed by atoms with Gasteiger partial charge in [-0.15, -0.1) is 11.3 Å². The number of halogens is 2. The largest absolute Gasteiger partial charge is 0.481 e. The van der Waals surface area contributed by atoms with Gasteiger partial charge in [0.25, 0.3) is 5.91 Å². The van der Waals surface area contributed by atoms with Crippen LogP contribution in [-0.2, 0) is 11.2 Å². The lowest BCUT2D eigenvalue weighted by molar-refractivity contribution is -0.136. The van der Waals surface area contributed by atoms with Gasteiger partial charge in [0.05, 0.1) is 11.4 Å². The molecule has 2 N–H and O–H groups in total. The fourth-order valence-corrected chi connectivity index (χ4v) is 4.12. The lowest BCUT2D eigenvalue weighted by Gasteiger charge is -2.08. The van der Waals surface area contributed by atoms with Crippen molar-refractivity contribution in [3.05, 3.63) is 80.6 Å². The predicted octanol–water partition coefficient (Wildman–Crippen LogP) is 6.26. The molecular weight excluding hydrogens is 459 g/mol. The zero-order valence-corrected chi connectivity index (χ0v) is 18.1. The van der Waals surface area contributed by atoms with Crippen LogP contribution in [0.1, 0.15) is 15.4 Å². The molecule has 9 heteroatoms. The van der Waals surface area contributed by atoms with Crippen LogP contribution in [0.15, 0.2) is 64.4 Å². The molecule has 6 nitrogen and oxygen atoms in total. The molecule has 0 aliphatic heterocycles. The molecule has 4 rings (SSSR count). The fourth-order valence-electron chi connectivity index (χ4n) is 2.88. The van der Waals surface area contributed by atoms with E-state index in [-0.39, 0.29) is 12.3 Å². The molecule has 0 radical (unpaired) electrons. The van der Waals surface area contributed by atoms with Crippen LogP contribution in [0, 0.1) is 0 Å². The maximum absolute atomic E-state index is 12.4. The molecule has 0 aliphatic rings. The van der Waals surface area contributed by atoms with Gasteiger partial charge in [0, 0.05) is 27.2 Å². The van der Waals surface area contributed by atoms with Crippen molar-refractivity contribution >= 4 is 52.1 Å². The summed E-state index contributed by atoms with van der Waals surface area (Å²) in [6, 6.07) is 15.3. The molecule has 0 unspecified atom stereocenters. The Hall–Kier alpha value is -3.13. The summed E-state index contributed by atoms with van der Waals surface area (Å²) in [7, 11) is 0. The van der Waals surface area contributed by atoms with Gasteiger partial charge in [-0.2, -0.15) is 0 Å². The topological polar surface area (TPSA) is 92.4 Å². The number of anilines is 1. The average Bonchev–Trinajstić information content (AvgIpc) is 3.37. The highest BCUT2D eigenvalue weighted by Crippen LogP contribution is 2.34. The summed E-state index contributed by atoms with van der Waals surface area (Å²) in [5.74, 6) is -0.194. The first-order chi connectivity index (χ1) is 14.9. The standard InChI is InChI=1S/C22H14Cl2N2O4S/c23-13-3-1-2-12(8-13)22(29)25-14-4-5-15(16(24)9-14)18-6-7-19(30-18)17-11-31-20(26-17)10-21(27)28/h1-9,11H,10H2,(H,25,29)(H,27,28). The molecule has 0 aliphatic carbocycles. The molecule has 0 bridgehead atoms. The van der Waals surface area contributed by atoms with Crippen molar-refractivity contribution in [3.8, 4) is 22.8 Å². The van der Waals surface area contributed by atoms with E-state index in [0.717, 1.165) is 0 Å². The predicted molar refractivity (Wildman–Crippen MR) is 121 cm³/mol. The Morgan fingerprint density at radius 2 is 1.87 bits per heavy atom. The summed E-state index contributed by atoms with van der Waals surface area (Å²) >= 11 is 13.6. The second kappa shape index (κ2) is 8.93. The molecule has 0 fully saturated rings. The van der Waals surface area contributed by atoms with Crippen LogP contribution in [0.25, 0.3) is 22.8 Å². The van der Waals surface area contributed by atoms with Gasteiger partial charge in [-0.05, 0) is 48.5 Å². The zero-order valence-electron chi connectivity index (χ0n) is 15.8. The number of carboxylic acid groups (broad SMARTS) is 1. The van der Waals surface area contributed by atoms with Crippen molar-refractivity contribution in [1.82, 2.24) is 4.98 Å². The highest BCUT2D eigenvalue weighted by atomic mass is 35.5. The third-order valence-electron chi connectivity index (χ3n) is 4.29. The van der Waals surface area contributed by atoms with Crippen LogP contribution in [0.5, 0.6) is 0 Å². The number of carbonyl (C=O) groups is 2. The Kier molecular flexibility index (Phi) is 6.08. The van der Waals surface area contributed by atoms with Crippen LogP contribution in [0.2, 0.25) is 10.0 Å². The van der Waals surface area contributed by atoms with Crippen LogP contribution in [-0.4, -0.2) is 22.0 Å². The minimum atomic E-state index is -0.935. The molecule has 0 spiro atoms. The number of aromatic nitrogens is 1. The maximum Gasteiger partial charge on any atom is 0.310 e. The van der Waals surface area contributed by atoms with Gasteiger partial charge in [0.1, 0.15) is 16.5 Å². The zero-order chi connectivity index (χ0) is 22.0. The van der Waals surface area contributed by atoms with Gasteiger partial charge >= 0.3 is 5.97 Å². The quantitative estimate of drug-likeness (QED) is 0.345. The minimum absolute atomic E-state index is 0.133. The highest BCUT2D eigenvalue weighted by Gasteiger charge is 2.15. The van der Waals surface area contributed by atoms with E-state index in [1.165, 1.54) is 11.3 Å². The van der Waals surface area contributed by atoms with Gasteiger partial charge < -0.3 is 14.8 Å². The molecule has 31 heavy (non-hydrogen) atoms. The molecule has 0 atom stereocenters. The number of benzene rings is 2. The molecular formula is C22H14Cl2N2O4S. The number of carbonyl (C=O) groups excluding carboxylic acids is 1. The first kappa shape index (κ1) is 21.1. The molecule has 156 valence electrons. The fraction of sp³-hybridized carbons (Fsp3) is 0.0455. The van der Waals surface area contributed by atoms with Crippen molar-refractivity contribution in [2.45, 2.75) is 6.42 Å². The minimum Gasteiger partial charge on any atom is -0.481 e. The lowest BCUT2D eigenvalue weighted by Crippen LogP contribution is -2.11. The van der Waals surface area contributed by atoms with E-state index >= 15 is 0 Å². The number of rotatable bonds is 6. The summed E-state index contributed by atoms with van der Waals surface area (Å²) < 4.78 is 5.87. The van der Waals surface area contributed by atoms with Crippen LogP contribution < -0.4 is 5.32 Å². The van der Waals surface area contributed by atoms with E-state index in [9.17, 15) is 9.59 Å². The molecule has 2 aromatic carbocycles. The first-order valence-electron chi connectivity index (χ1n) is 9.02. The van der Waals surface area contributed by atoms with Crippen molar-refractivity contribution in [1.29, 1.82) is 0 Å². The Balaban J connectivity index is 1.51. The number of hydrogen-bond donors (Lipinski definition) is 2. The Morgan fingerprint density at radius 3 is 2.61 bits per heavy atom. The van der Waals surface area contributed by atoms with Gasteiger partial charge in [0.2, 0.25) is 0 Å². The lowest BCUT2D eigenvalue weighted by atomic mass is 10.1. The number of carboxylic acids is 1. The summed E-state index contributed by atoms with van der Waals surface area (Å²) in [6.45, 7) is 0. The Bertz CT molecular complexity index is 1280. The molecule has 2 heterocycles. The second-order valence-electron chi connectivity index (χ2n) is 6.52. The number of amides is 1. The molecule has 0 saturated heterocycles. The highest BCUT2D eigenvalue weighted by molar-refractivity contribution is 7.10. The Labute approximate surface area is 191 Å². The normalized spacial score (nSPS) is 10.8. The average molecular weight is 473 g/mol. The Morgan fingerprint density at radius 1 is 1.06 bits per heavy atom. The maximum atomic E-state index is 12.4.